The van der Waals surface area contributed by atoms with Crippen LogP contribution < -0.4 is 0 Å². The fourth-order valence-corrected chi connectivity index (χ4v) is 1.83. The molecule has 1 heterocycles. The van der Waals surface area contributed by atoms with Crippen LogP contribution in [0.15, 0.2) is 6.20 Å². The van der Waals surface area contributed by atoms with E-state index in [0.717, 1.165) is 5.69 Å². The van der Waals surface area contributed by atoms with Crippen molar-refractivity contribution in [2.75, 3.05) is 7.11 Å². The van der Waals surface area contributed by atoms with Crippen LogP contribution in [0.4, 0.5) is 0 Å². The molecule has 1 aromatic rings. The number of aromatic amines is 1. The lowest BCUT2D eigenvalue weighted by Gasteiger charge is -2.16. The third kappa shape index (κ3) is 2.28. The largest absolute Gasteiger partial charge is 0.467 e. The molecule has 0 aromatic carbocycles. The van der Waals surface area contributed by atoms with Crippen LogP contribution in [0.1, 0.15) is 38.4 Å². The molecule has 0 radical (unpaired) electrons. The van der Waals surface area contributed by atoms with Crippen LogP contribution in [0.5, 0.6) is 0 Å². The van der Waals surface area contributed by atoms with E-state index in [1.165, 1.54) is 7.11 Å². The van der Waals surface area contributed by atoms with Crippen molar-refractivity contribution < 1.29 is 9.53 Å². The Hall–Kier alpha value is -1.10. The molecular formula is C10H16N2O2S. The summed E-state index contributed by atoms with van der Waals surface area (Å²) in [7, 11) is 1.38. The number of carbonyl (C=O) groups is 1. The Bertz CT molecular complexity index is 406. The predicted octanol–water partition coefficient (Wildman–Crippen LogP) is 2.40. The molecule has 1 N–H and O–H groups in total. The second-order valence-electron chi connectivity index (χ2n) is 3.74. The summed E-state index contributed by atoms with van der Waals surface area (Å²) in [4.78, 5) is 14.4. The zero-order valence-corrected chi connectivity index (χ0v) is 10.2. The molecule has 0 saturated carbocycles. The number of hydrogen-bond donors (Lipinski definition) is 1. The average Bonchev–Trinajstić information content (AvgIpc) is 2.58. The molecule has 1 aromatic heterocycles. The molecule has 1 unspecified atom stereocenters. The first-order valence-electron chi connectivity index (χ1n) is 4.86. The lowest BCUT2D eigenvalue weighted by molar-refractivity contribution is -0.144. The second-order valence-corrected chi connectivity index (χ2v) is 4.13. The summed E-state index contributed by atoms with van der Waals surface area (Å²) in [6, 6.07) is -0.383. The van der Waals surface area contributed by atoms with Gasteiger partial charge in [0, 0.05) is 11.9 Å². The molecule has 84 valence electrons. The molecule has 0 fully saturated rings. The molecule has 0 bridgehead atoms. The lowest BCUT2D eigenvalue weighted by Crippen LogP contribution is -2.20. The maximum Gasteiger partial charge on any atom is 0.328 e. The minimum absolute atomic E-state index is 0.285. The first kappa shape index (κ1) is 12.0. The summed E-state index contributed by atoms with van der Waals surface area (Å²) in [5.41, 5.74) is 1.01. The summed E-state index contributed by atoms with van der Waals surface area (Å²) in [6.45, 7) is 5.89. The van der Waals surface area contributed by atoms with E-state index in [9.17, 15) is 4.79 Å². The summed E-state index contributed by atoms with van der Waals surface area (Å²) in [5.74, 6) is 0.0256. The van der Waals surface area contributed by atoms with E-state index < -0.39 is 0 Å². The van der Waals surface area contributed by atoms with Gasteiger partial charge in [-0.2, -0.15) is 0 Å². The van der Waals surface area contributed by atoms with Crippen molar-refractivity contribution in [3.8, 4) is 0 Å². The van der Waals surface area contributed by atoms with Gasteiger partial charge in [0.05, 0.1) is 7.11 Å². The van der Waals surface area contributed by atoms with Crippen LogP contribution in [0, 0.1) is 4.77 Å². The number of nitrogens with one attached hydrogen (secondary N) is 1. The van der Waals surface area contributed by atoms with Gasteiger partial charge in [-0.15, -0.1) is 0 Å². The molecule has 4 nitrogen and oxygen atoms in total. The summed E-state index contributed by atoms with van der Waals surface area (Å²) >= 11 is 5.14. The maximum absolute atomic E-state index is 11.4. The Labute approximate surface area is 94.3 Å². The number of nitrogens with zero attached hydrogens (tertiary/aromatic N) is 1. The second kappa shape index (κ2) is 4.61. The minimum Gasteiger partial charge on any atom is -0.467 e. The zero-order chi connectivity index (χ0) is 11.6. The van der Waals surface area contributed by atoms with Crippen molar-refractivity contribution in [1.29, 1.82) is 0 Å². The van der Waals surface area contributed by atoms with Gasteiger partial charge < -0.3 is 14.3 Å². The van der Waals surface area contributed by atoms with Gasteiger partial charge in [-0.1, -0.05) is 13.8 Å². The summed E-state index contributed by atoms with van der Waals surface area (Å²) in [6.07, 6.45) is 1.84. The van der Waals surface area contributed by atoms with E-state index in [1.54, 1.807) is 11.5 Å². The Kier molecular flexibility index (Phi) is 3.68. The van der Waals surface area contributed by atoms with Crippen LogP contribution >= 0.6 is 12.2 Å². The van der Waals surface area contributed by atoms with E-state index >= 15 is 0 Å². The normalized spacial score (nSPS) is 12.9. The molecule has 1 rings (SSSR count). The molecule has 0 amide bonds. The third-order valence-corrected chi connectivity index (χ3v) is 2.68. The number of hydrogen-bond acceptors (Lipinski definition) is 3. The fraction of sp³-hybridized carbons (Fsp3) is 0.600. The van der Waals surface area contributed by atoms with E-state index in [2.05, 4.69) is 18.8 Å². The number of rotatable bonds is 3. The SMILES string of the molecule is COC(=O)C(C)n1c(C(C)C)c[nH]c1=S. The molecule has 0 aliphatic rings. The van der Waals surface area contributed by atoms with Gasteiger partial charge in [0.15, 0.2) is 4.77 Å². The van der Waals surface area contributed by atoms with Crippen molar-refractivity contribution in [1.82, 2.24) is 9.55 Å². The van der Waals surface area contributed by atoms with Crippen LogP contribution in [0.3, 0.4) is 0 Å². The quantitative estimate of drug-likeness (QED) is 0.638. The molecule has 0 spiro atoms. The fourth-order valence-electron chi connectivity index (χ4n) is 1.51. The van der Waals surface area contributed by atoms with Gasteiger partial charge in [0.25, 0.3) is 0 Å². The van der Waals surface area contributed by atoms with Crippen LogP contribution in [0.25, 0.3) is 0 Å². The van der Waals surface area contributed by atoms with Gasteiger partial charge in [0.1, 0.15) is 6.04 Å². The number of esters is 1. The van der Waals surface area contributed by atoms with E-state index in [-0.39, 0.29) is 12.0 Å². The van der Waals surface area contributed by atoms with Crippen LogP contribution in [0.2, 0.25) is 0 Å². The monoisotopic (exact) mass is 228 g/mol. The number of H-pyrrole nitrogens is 1. The molecule has 0 aliphatic heterocycles. The number of methoxy groups -OCH3 is 1. The van der Waals surface area contributed by atoms with Crippen LogP contribution in [-0.2, 0) is 9.53 Å². The van der Waals surface area contributed by atoms with Crippen molar-refractivity contribution in [3.05, 3.63) is 16.7 Å². The highest BCUT2D eigenvalue weighted by Crippen LogP contribution is 2.20. The number of carbonyl (C=O) groups excluding carboxylic acids is 1. The van der Waals surface area contributed by atoms with Gasteiger partial charge in [-0.25, -0.2) is 4.79 Å². The Morgan fingerprint density at radius 1 is 1.53 bits per heavy atom. The number of imidazole rings is 1. The van der Waals surface area contributed by atoms with Crippen molar-refractivity contribution in [3.63, 3.8) is 0 Å². The standard InChI is InChI=1S/C10H16N2O2S/c1-6(2)8-5-11-10(15)12(8)7(3)9(13)14-4/h5-7H,1-4H3,(H,11,15). The topological polar surface area (TPSA) is 47.0 Å². The van der Waals surface area contributed by atoms with Gasteiger partial charge in [-0.3, -0.25) is 0 Å². The predicted molar refractivity (Wildman–Crippen MR) is 60.4 cm³/mol. The van der Waals surface area contributed by atoms with Crippen molar-refractivity contribution in [2.24, 2.45) is 0 Å². The first-order chi connectivity index (χ1) is 6.99. The lowest BCUT2D eigenvalue weighted by atomic mass is 10.1. The number of aromatic nitrogens is 2. The molecular weight excluding hydrogens is 212 g/mol. The van der Waals surface area contributed by atoms with E-state index in [4.69, 9.17) is 17.0 Å². The first-order valence-corrected chi connectivity index (χ1v) is 5.27. The Balaban J connectivity index is 3.17. The van der Waals surface area contributed by atoms with E-state index in [0.29, 0.717) is 10.7 Å². The van der Waals surface area contributed by atoms with Gasteiger partial charge >= 0.3 is 5.97 Å². The van der Waals surface area contributed by atoms with Gasteiger partial charge in [-0.05, 0) is 25.1 Å². The minimum atomic E-state index is -0.383. The van der Waals surface area contributed by atoms with Gasteiger partial charge in [0.2, 0.25) is 0 Å². The Morgan fingerprint density at radius 2 is 2.13 bits per heavy atom. The van der Waals surface area contributed by atoms with Crippen molar-refractivity contribution in [2.45, 2.75) is 32.7 Å². The molecule has 5 heteroatoms. The van der Waals surface area contributed by atoms with E-state index in [1.807, 2.05) is 6.20 Å². The zero-order valence-electron chi connectivity index (χ0n) is 9.40. The maximum atomic E-state index is 11.4. The molecule has 15 heavy (non-hydrogen) atoms. The number of ether oxygens (including phenoxy) is 1. The summed E-state index contributed by atoms with van der Waals surface area (Å²) < 4.78 is 7.06. The van der Waals surface area contributed by atoms with Crippen molar-refractivity contribution >= 4 is 18.2 Å². The molecule has 0 aliphatic carbocycles. The van der Waals surface area contributed by atoms with Crippen LogP contribution in [-0.4, -0.2) is 22.6 Å². The highest BCUT2D eigenvalue weighted by Gasteiger charge is 2.20. The summed E-state index contributed by atoms with van der Waals surface area (Å²) in [5, 5.41) is 0. The molecule has 1 atom stereocenters. The average molecular weight is 228 g/mol. The molecule has 0 saturated heterocycles. The third-order valence-electron chi connectivity index (χ3n) is 2.36. The highest BCUT2D eigenvalue weighted by atomic mass is 32.1. The Morgan fingerprint density at radius 3 is 2.60 bits per heavy atom. The smallest absolute Gasteiger partial charge is 0.328 e. The highest BCUT2D eigenvalue weighted by molar-refractivity contribution is 7.71.